The Morgan fingerprint density at radius 1 is 1.21 bits per heavy atom. The van der Waals surface area contributed by atoms with E-state index < -0.39 is 0 Å². The predicted molar refractivity (Wildman–Crippen MR) is 123 cm³/mol. The van der Waals surface area contributed by atoms with Crippen LogP contribution in [-0.4, -0.2) is 58.3 Å². The van der Waals surface area contributed by atoms with Crippen molar-refractivity contribution in [2.75, 3.05) is 38.1 Å². The van der Waals surface area contributed by atoms with Crippen molar-refractivity contribution in [3.8, 4) is 5.75 Å². The number of aromatic nitrogens is 3. The molecule has 0 saturated carbocycles. The van der Waals surface area contributed by atoms with Gasteiger partial charge in [-0.2, -0.15) is 0 Å². The van der Waals surface area contributed by atoms with Crippen LogP contribution in [0.4, 0.5) is 10.1 Å². The molecule has 0 radical (unpaired) electrons. The van der Waals surface area contributed by atoms with Crippen LogP contribution in [-0.2, 0) is 13.1 Å². The van der Waals surface area contributed by atoms with Crippen LogP contribution in [0.1, 0.15) is 30.0 Å². The van der Waals surface area contributed by atoms with Gasteiger partial charge >= 0.3 is 0 Å². The Bertz CT molecular complexity index is 1250. The van der Waals surface area contributed by atoms with Gasteiger partial charge in [-0.15, -0.1) is 0 Å². The lowest BCUT2D eigenvalue weighted by atomic mass is 9.97. The van der Waals surface area contributed by atoms with Gasteiger partial charge in [0.25, 0.3) is 5.56 Å². The second kappa shape index (κ2) is 8.39. The van der Waals surface area contributed by atoms with Crippen LogP contribution in [0.15, 0.2) is 35.4 Å². The van der Waals surface area contributed by atoms with Crippen LogP contribution >= 0.6 is 0 Å². The van der Waals surface area contributed by atoms with Crippen LogP contribution in [0.3, 0.4) is 0 Å². The Morgan fingerprint density at radius 3 is 2.97 bits per heavy atom. The zero-order valence-corrected chi connectivity index (χ0v) is 18.4. The van der Waals surface area contributed by atoms with Gasteiger partial charge in [-0.05, 0) is 44.1 Å². The molecule has 0 spiro atoms. The van der Waals surface area contributed by atoms with E-state index in [1.54, 1.807) is 16.8 Å². The maximum atomic E-state index is 14.7. The van der Waals surface area contributed by atoms with Crippen molar-refractivity contribution in [1.82, 2.24) is 24.8 Å². The first-order chi connectivity index (χ1) is 16.2. The van der Waals surface area contributed by atoms with Gasteiger partial charge in [-0.25, -0.2) is 9.37 Å². The molecule has 1 unspecified atom stereocenters. The van der Waals surface area contributed by atoms with E-state index in [0.29, 0.717) is 35.8 Å². The first-order valence-corrected chi connectivity index (χ1v) is 11.6. The highest BCUT2D eigenvalue weighted by Crippen LogP contribution is 2.35. The number of benzene rings is 1. The molecule has 8 nitrogen and oxygen atoms in total. The third-order valence-electron chi connectivity index (χ3n) is 7.04. The third kappa shape index (κ3) is 3.85. The molecular formula is C24H27FN6O2. The van der Waals surface area contributed by atoms with Crippen molar-refractivity contribution in [3.63, 3.8) is 0 Å². The summed E-state index contributed by atoms with van der Waals surface area (Å²) in [6, 6.07) is 5.62. The standard InChI is InChI=1S/C24H27FN6O2/c25-18-1-2-19-24-23(18)15(14-31(24)22(32)12-29-19)13-30-6-3-16(4-7-30)27-10-17-9-20-21(11-28-17)33-8-5-26-20/h1-2,9,11-12,15-16,26-27H,3-8,10,13-14H2. The zero-order valence-electron chi connectivity index (χ0n) is 18.4. The highest BCUT2D eigenvalue weighted by Gasteiger charge is 2.31. The van der Waals surface area contributed by atoms with Gasteiger partial charge in [-0.3, -0.25) is 9.78 Å². The van der Waals surface area contributed by atoms with Gasteiger partial charge < -0.3 is 24.8 Å². The number of pyridine rings is 1. The lowest BCUT2D eigenvalue weighted by molar-refractivity contribution is 0.184. The molecule has 2 aromatic heterocycles. The molecule has 33 heavy (non-hydrogen) atoms. The van der Waals surface area contributed by atoms with Crippen LogP contribution in [0, 0.1) is 5.82 Å². The van der Waals surface area contributed by atoms with Crippen LogP contribution in [0.2, 0.25) is 0 Å². The summed E-state index contributed by atoms with van der Waals surface area (Å²) in [4.78, 5) is 23.4. The van der Waals surface area contributed by atoms with E-state index in [2.05, 4.69) is 31.6 Å². The summed E-state index contributed by atoms with van der Waals surface area (Å²) in [5.41, 5.74) is 3.86. The average Bonchev–Trinajstić information content (AvgIpc) is 3.23. The molecule has 1 atom stereocenters. The Kier molecular flexibility index (Phi) is 5.22. The van der Waals surface area contributed by atoms with E-state index in [9.17, 15) is 9.18 Å². The van der Waals surface area contributed by atoms with Gasteiger partial charge in [0.1, 0.15) is 12.4 Å². The SMILES string of the molecule is O=c1cnc2ccc(F)c3c2n1CC3CN1CCC(NCc2cc3c(cn2)OCCN3)CC1. The number of piperidine rings is 1. The first kappa shape index (κ1) is 20.6. The van der Waals surface area contributed by atoms with Gasteiger partial charge in [0.05, 0.1) is 34.8 Å². The monoisotopic (exact) mass is 450 g/mol. The number of halogens is 1. The van der Waals surface area contributed by atoms with Crippen molar-refractivity contribution in [1.29, 1.82) is 0 Å². The van der Waals surface area contributed by atoms with Crippen molar-refractivity contribution in [2.45, 2.75) is 37.9 Å². The summed E-state index contributed by atoms with van der Waals surface area (Å²) in [6.45, 7) is 5.38. The molecule has 2 N–H and O–H groups in total. The lowest BCUT2D eigenvalue weighted by Crippen LogP contribution is -2.43. The minimum Gasteiger partial charge on any atom is -0.488 e. The van der Waals surface area contributed by atoms with Crippen LogP contribution in [0.5, 0.6) is 5.75 Å². The first-order valence-electron chi connectivity index (χ1n) is 11.6. The molecule has 0 aliphatic carbocycles. The summed E-state index contributed by atoms with van der Waals surface area (Å²) in [6.07, 6.45) is 5.19. The summed E-state index contributed by atoms with van der Waals surface area (Å²) < 4.78 is 22.0. The van der Waals surface area contributed by atoms with Gasteiger partial charge in [-0.1, -0.05) is 0 Å². The average molecular weight is 451 g/mol. The Balaban J connectivity index is 1.06. The second-order valence-electron chi connectivity index (χ2n) is 9.14. The summed E-state index contributed by atoms with van der Waals surface area (Å²) in [5.74, 6) is 0.558. The smallest absolute Gasteiger partial charge is 0.269 e. The fraction of sp³-hybridized carbons (Fsp3) is 0.458. The molecule has 1 saturated heterocycles. The number of hydrogen-bond donors (Lipinski definition) is 2. The molecule has 1 fully saturated rings. The van der Waals surface area contributed by atoms with Gasteiger partial charge in [0, 0.05) is 43.7 Å². The number of likely N-dealkylation sites (tertiary alicyclic amines) is 1. The van der Waals surface area contributed by atoms with E-state index in [0.717, 1.165) is 62.7 Å². The minimum atomic E-state index is -0.236. The Morgan fingerprint density at radius 2 is 2.09 bits per heavy atom. The molecule has 0 bridgehead atoms. The molecule has 5 heterocycles. The van der Waals surface area contributed by atoms with Crippen LogP contribution in [0.25, 0.3) is 11.0 Å². The van der Waals surface area contributed by atoms with E-state index in [4.69, 9.17) is 4.74 Å². The molecule has 1 aromatic carbocycles. The van der Waals surface area contributed by atoms with Crippen molar-refractivity contribution >= 4 is 16.7 Å². The molecule has 3 aromatic rings. The number of hydrogen-bond acceptors (Lipinski definition) is 7. The maximum Gasteiger partial charge on any atom is 0.269 e. The summed E-state index contributed by atoms with van der Waals surface area (Å²) in [5, 5.41) is 6.99. The van der Waals surface area contributed by atoms with E-state index in [1.165, 1.54) is 12.3 Å². The number of rotatable bonds is 5. The number of fused-ring (bicyclic) bond motifs is 1. The topological polar surface area (TPSA) is 84.3 Å². The molecule has 3 aliphatic heterocycles. The normalized spacial score (nSPS) is 20.5. The van der Waals surface area contributed by atoms with Crippen molar-refractivity contribution in [3.05, 3.63) is 58.0 Å². The molecular weight excluding hydrogens is 423 g/mol. The molecule has 0 amide bonds. The number of nitrogens with zero attached hydrogens (tertiary/aromatic N) is 4. The van der Waals surface area contributed by atoms with E-state index in [1.807, 2.05) is 0 Å². The molecule has 9 heteroatoms. The van der Waals surface area contributed by atoms with Crippen LogP contribution < -0.4 is 20.9 Å². The highest BCUT2D eigenvalue weighted by molar-refractivity contribution is 5.80. The highest BCUT2D eigenvalue weighted by atomic mass is 19.1. The maximum absolute atomic E-state index is 14.7. The Labute approximate surface area is 190 Å². The van der Waals surface area contributed by atoms with E-state index in [-0.39, 0.29) is 17.3 Å². The predicted octanol–water partition coefficient (Wildman–Crippen LogP) is 2.09. The molecule has 172 valence electrons. The number of nitrogens with one attached hydrogen (secondary N) is 2. The Hall–Kier alpha value is -3.04. The summed E-state index contributed by atoms with van der Waals surface area (Å²) >= 11 is 0. The quantitative estimate of drug-likeness (QED) is 0.616. The van der Waals surface area contributed by atoms with Crippen molar-refractivity contribution in [2.24, 2.45) is 0 Å². The van der Waals surface area contributed by atoms with E-state index >= 15 is 0 Å². The largest absolute Gasteiger partial charge is 0.488 e. The van der Waals surface area contributed by atoms with Gasteiger partial charge in [0.15, 0.2) is 5.75 Å². The number of anilines is 1. The summed E-state index contributed by atoms with van der Waals surface area (Å²) in [7, 11) is 0. The minimum absolute atomic E-state index is 0.0236. The third-order valence-corrected chi connectivity index (χ3v) is 7.04. The zero-order chi connectivity index (χ0) is 22.4. The molecule has 3 aliphatic rings. The second-order valence-corrected chi connectivity index (χ2v) is 9.14. The molecule has 6 rings (SSSR count). The fourth-order valence-corrected chi connectivity index (χ4v) is 5.36. The fourth-order valence-electron chi connectivity index (χ4n) is 5.36. The number of ether oxygens (including phenoxy) is 1. The van der Waals surface area contributed by atoms with Crippen molar-refractivity contribution < 1.29 is 9.13 Å². The van der Waals surface area contributed by atoms with Gasteiger partial charge in [0.2, 0.25) is 0 Å². The lowest BCUT2D eigenvalue weighted by Gasteiger charge is -2.34.